The highest BCUT2D eigenvalue weighted by Crippen LogP contribution is 2.27. The van der Waals surface area contributed by atoms with Gasteiger partial charge in [-0.05, 0) is 49.8 Å². The Morgan fingerprint density at radius 2 is 2.00 bits per heavy atom. The molecule has 0 radical (unpaired) electrons. The van der Waals surface area contributed by atoms with Gasteiger partial charge in [0.25, 0.3) is 11.8 Å². The molecule has 1 aliphatic carbocycles. The molecule has 130 valence electrons. The van der Waals surface area contributed by atoms with E-state index < -0.39 is 24.0 Å². The van der Waals surface area contributed by atoms with Crippen LogP contribution >= 0.6 is 0 Å². The zero-order chi connectivity index (χ0) is 18.4. The van der Waals surface area contributed by atoms with E-state index in [1.165, 1.54) is 30.6 Å². The number of hydrogen-bond acceptors (Lipinski definition) is 5. The molecule has 0 aromatic heterocycles. The van der Waals surface area contributed by atoms with Crippen molar-refractivity contribution in [3.63, 3.8) is 0 Å². The van der Waals surface area contributed by atoms with Crippen LogP contribution in [0.1, 0.15) is 35.7 Å². The predicted molar refractivity (Wildman–Crippen MR) is 88.3 cm³/mol. The van der Waals surface area contributed by atoms with Gasteiger partial charge >= 0.3 is 0 Å². The third-order valence-corrected chi connectivity index (χ3v) is 3.53. The second kappa shape index (κ2) is 8.20. The highest BCUT2D eigenvalue weighted by atomic mass is 16.5. The van der Waals surface area contributed by atoms with Crippen molar-refractivity contribution in [1.82, 2.24) is 10.8 Å². The van der Waals surface area contributed by atoms with E-state index in [9.17, 15) is 19.8 Å². The highest BCUT2D eigenvalue weighted by molar-refractivity contribution is 5.99. The molecule has 0 aliphatic heterocycles. The van der Waals surface area contributed by atoms with Crippen LogP contribution in [0.4, 0.5) is 0 Å². The number of aliphatic hydroxyl groups excluding tert-OH is 1. The molecule has 5 N–H and O–H groups in total. The van der Waals surface area contributed by atoms with Gasteiger partial charge in [-0.25, -0.2) is 5.48 Å². The number of aliphatic hydroxyl groups is 1. The molecule has 7 heteroatoms. The summed E-state index contributed by atoms with van der Waals surface area (Å²) in [7, 11) is 0. The summed E-state index contributed by atoms with van der Waals surface area (Å²) in [4.78, 5) is 23.6. The van der Waals surface area contributed by atoms with Crippen LogP contribution in [0, 0.1) is 29.6 Å². The molecule has 2 amide bonds. The standard InChI is InChI=1S/C18H18N2O5/c1-11(21)16(18(24)20-25)19-17(23)14-9-8-13(10-15(14)22)5-3-2-4-12-6-7-12/h8-12,16,21-22,25H,6-7H2,1H3,(H,19,23)(H,20,24)/t11-,16+/m1/s1. The van der Waals surface area contributed by atoms with Crippen LogP contribution in [0.5, 0.6) is 5.75 Å². The fourth-order valence-electron chi connectivity index (χ4n) is 1.96. The van der Waals surface area contributed by atoms with Crippen LogP contribution in [-0.2, 0) is 4.79 Å². The molecule has 1 aliphatic rings. The van der Waals surface area contributed by atoms with Crippen molar-refractivity contribution in [3.8, 4) is 29.4 Å². The molecule has 1 aromatic rings. The van der Waals surface area contributed by atoms with Gasteiger partial charge in [0.1, 0.15) is 11.8 Å². The van der Waals surface area contributed by atoms with E-state index in [4.69, 9.17) is 5.21 Å². The Kier molecular flexibility index (Phi) is 6.02. The molecule has 1 aromatic carbocycles. The Morgan fingerprint density at radius 3 is 2.56 bits per heavy atom. The molecule has 0 heterocycles. The quantitative estimate of drug-likeness (QED) is 0.303. The number of nitrogens with one attached hydrogen (secondary N) is 2. The molecule has 7 nitrogen and oxygen atoms in total. The van der Waals surface area contributed by atoms with E-state index in [2.05, 4.69) is 29.0 Å². The second-order valence-electron chi connectivity index (χ2n) is 5.69. The Bertz CT molecular complexity index is 791. The zero-order valence-corrected chi connectivity index (χ0v) is 13.5. The minimum Gasteiger partial charge on any atom is -0.507 e. The maximum Gasteiger partial charge on any atom is 0.268 e. The number of rotatable bonds is 4. The van der Waals surface area contributed by atoms with E-state index in [1.807, 2.05) is 0 Å². The summed E-state index contributed by atoms with van der Waals surface area (Å²) in [5.74, 6) is 9.55. The molecule has 1 saturated carbocycles. The van der Waals surface area contributed by atoms with Gasteiger partial charge in [-0.3, -0.25) is 14.8 Å². The van der Waals surface area contributed by atoms with E-state index in [0.717, 1.165) is 12.8 Å². The molecule has 2 atom stereocenters. The lowest BCUT2D eigenvalue weighted by Crippen LogP contribution is -2.51. The lowest BCUT2D eigenvalue weighted by molar-refractivity contribution is -0.133. The van der Waals surface area contributed by atoms with Crippen molar-refractivity contribution in [2.24, 2.45) is 5.92 Å². The van der Waals surface area contributed by atoms with Crippen LogP contribution in [-0.4, -0.2) is 39.4 Å². The predicted octanol–water partition coefficient (Wildman–Crippen LogP) is 0.142. The van der Waals surface area contributed by atoms with Crippen molar-refractivity contribution >= 4 is 11.8 Å². The lowest BCUT2D eigenvalue weighted by Gasteiger charge is -2.19. The number of benzene rings is 1. The minimum absolute atomic E-state index is 0.0917. The number of carbonyl (C=O) groups excluding carboxylic acids is 2. The summed E-state index contributed by atoms with van der Waals surface area (Å²) >= 11 is 0. The smallest absolute Gasteiger partial charge is 0.268 e. The summed E-state index contributed by atoms with van der Waals surface area (Å²) in [5.41, 5.74) is 1.75. The summed E-state index contributed by atoms with van der Waals surface area (Å²) < 4.78 is 0. The minimum atomic E-state index is -1.37. The van der Waals surface area contributed by atoms with Gasteiger partial charge in [0, 0.05) is 11.5 Å². The molecular formula is C18H18N2O5. The number of carbonyl (C=O) groups is 2. The fourth-order valence-corrected chi connectivity index (χ4v) is 1.96. The largest absolute Gasteiger partial charge is 0.507 e. The number of phenols is 1. The Hall–Kier alpha value is -3.00. The van der Waals surface area contributed by atoms with Gasteiger partial charge in [0.2, 0.25) is 0 Å². The number of aromatic hydroxyl groups is 1. The maximum atomic E-state index is 12.2. The Morgan fingerprint density at radius 1 is 1.28 bits per heavy atom. The molecule has 0 saturated heterocycles. The van der Waals surface area contributed by atoms with Gasteiger partial charge in [-0.15, -0.1) is 0 Å². The van der Waals surface area contributed by atoms with Crippen LogP contribution in [0.3, 0.4) is 0 Å². The molecule has 25 heavy (non-hydrogen) atoms. The van der Waals surface area contributed by atoms with E-state index in [-0.39, 0.29) is 11.3 Å². The number of amides is 2. The molecule has 0 spiro atoms. The van der Waals surface area contributed by atoms with Gasteiger partial charge in [0.05, 0.1) is 11.7 Å². The number of hydroxylamine groups is 1. The molecular weight excluding hydrogens is 324 g/mol. The molecule has 0 bridgehead atoms. The second-order valence-corrected chi connectivity index (χ2v) is 5.69. The van der Waals surface area contributed by atoms with Crippen molar-refractivity contribution < 1.29 is 25.0 Å². The first kappa shape index (κ1) is 18.3. The van der Waals surface area contributed by atoms with E-state index >= 15 is 0 Å². The van der Waals surface area contributed by atoms with Gasteiger partial charge in [-0.1, -0.05) is 11.8 Å². The monoisotopic (exact) mass is 342 g/mol. The average Bonchev–Trinajstić information content (AvgIpc) is 3.39. The zero-order valence-electron chi connectivity index (χ0n) is 13.5. The third-order valence-electron chi connectivity index (χ3n) is 3.53. The average molecular weight is 342 g/mol. The van der Waals surface area contributed by atoms with Crippen molar-refractivity contribution in [3.05, 3.63) is 29.3 Å². The summed E-state index contributed by atoms with van der Waals surface area (Å²) in [6, 6.07) is 2.82. The van der Waals surface area contributed by atoms with Gasteiger partial charge in [-0.2, -0.15) is 0 Å². The van der Waals surface area contributed by atoms with E-state index in [0.29, 0.717) is 11.5 Å². The van der Waals surface area contributed by atoms with Crippen LogP contribution in [0.2, 0.25) is 0 Å². The molecule has 2 rings (SSSR count). The number of hydrogen-bond donors (Lipinski definition) is 5. The van der Waals surface area contributed by atoms with E-state index in [1.54, 1.807) is 0 Å². The first-order valence-corrected chi connectivity index (χ1v) is 7.69. The number of phenolic OH excluding ortho intramolecular Hbond substituents is 1. The van der Waals surface area contributed by atoms with Gasteiger partial charge < -0.3 is 15.5 Å². The summed E-state index contributed by atoms with van der Waals surface area (Å²) in [6.07, 6.45) is 0.982. The summed E-state index contributed by atoms with van der Waals surface area (Å²) in [6.45, 7) is 1.28. The molecule has 0 unspecified atom stereocenters. The van der Waals surface area contributed by atoms with Crippen molar-refractivity contribution in [2.75, 3.05) is 0 Å². The topological polar surface area (TPSA) is 119 Å². The van der Waals surface area contributed by atoms with Crippen LogP contribution in [0.15, 0.2) is 18.2 Å². The van der Waals surface area contributed by atoms with Crippen LogP contribution in [0.25, 0.3) is 0 Å². The summed E-state index contributed by atoms with van der Waals surface area (Å²) in [5, 5.41) is 30.4. The Balaban J connectivity index is 2.09. The SMILES string of the molecule is C[C@@H](O)[C@H](NC(=O)c1ccc(C#CC#CC2CC2)cc1O)C(=O)NO. The van der Waals surface area contributed by atoms with Crippen LogP contribution < -0.4 is 10.8 Å². The van der Waals surface area contributed by atoms with Gasteiger partial charge in [0.15, 0.2) is 0 Å². The fraction of sp³-hybridized carbons (Fsp3) is 0.333. The van der Waals surface area contributed by atoms with Crippen molar-refractivity contribution in [1.29, 1.82) is 0 Å². The first-order chi connectivity index (χ1) is 11.9. The maximum absolute atomic E-state index is 12.2. The Labute approximate surface area is 145 Å². The first-order valence-electron chi connectivity index (χ1n) is 7.69. The van der Waals surface area contributed by atoms with Crippen molar-refractivity contribution in [2.45, 2.75) is 31.9 Å². The highest BCUT2D eigenvalue weighted by Gasteiger charge is 2.26. The normalized spacial score (nSPS) is 14.8. The lowest BCUT2D eigenvalue weighted by atomic mass is 10.1. The molecule has 1 fully saturated rings. The third kappa shape index (κ3) is 5.25.